The molecular formula is C22H18N6OS. The maximum absolute atomic E-state index is 9.92. The van der Waals surface area contributed by atoms with E-state index in [1.54, 1.807) is 16.8 Å². The zero-order chi connectivity index (χ0) is 20.3. The number of thiazole rings is 1. The van der Waals surface area contributed by atoms with Gasteiger partial charge in [-0.25, -0.2) is 4.98 Å². The van der Waals surface area contributed by atoms with Gasteiger partial charge in [0.25, 0.3) is 0 Å². The van der Waals surface area contributed by atoms with Gasteiger partial charge in [-0.1, -0.05) is 42.5 Å². The zero-order valence-corrected chi connectivity index (χ0v) is 16.7. The molecule has 0 aliphatic heterocycles. The highest BCUT2D eigenvalue weighted by Gasteiger charge is 2.08. The topological polar surface area (TPSA) is 95.9 Å². The summed E-state index contributed by atoms with van der Waals surface area (Å²) in [6.45, 7) is 0.629. The third-order valence-electron chi connectivity index (χ3n) is 4.77. The normalized spacial score (nSPS) is 11.1. The molecule has 0 amide bonds. The zero-order valence-electron chi connectivity index (χ0n) is 15.9. The van der Waals surface area contributed by atoms with Crippen LogP contribution in [0.15, 0.2) is 66.2 Å². The lowest BCUT2D eigenvalue weighted by Gasteiger charge is -2.10. The summed E-state index contributed by atoms with van der Waals surface area (Å²) in [6, 6.07) is 20.1. The Labute approximate surface area is 176 Å². The second-order valence-electron chi connectivity index (χ2n) is 6.76. The molecule has 7 nitrogen and oxygen atoms in total. The molecule has 0 saturated heterocycles. The third-order valence-corrected chi connectivity index (χ3v) is 5.56. The summed E-state index contributed by atoms with van der Waals surface area (Å²) >= 11 is 1.56. The molecule has 3 N–H and O–H groups in total. The summed E-state index contributed by atoms with van der Waals surface area (Å²) in [5.74, 6) is 0.600. The van der Waals surface area contributed by atoms with Crippen molar-refractivity contribution >= 4 is 49.9 Å². The fourth-order valence-corrected chi connectivity index (χ4v) is 4.10. The average molecular weight is 414 g/mol. The summed E-state index contributed by atoms with van der Waals surface area (Å²) in [5.41, 5.74) is 4.82. The number of nitrogens with one attached hydrogen (secondary N) is 2. The first-order valence-corrected chi connectivity index (χ1v) is 10.4. The van der Waals surface area contributed by atoms with Gasteiger partial charge in [-0.05, 0) is 41.0 Å². The Morgan fingerprint density at radius 1 is 0.900 bits per heavy atom. The molecule has 0 spiro atoms. The molecule has 0 aliphatic rings. The van der Waals surface area contributed by atoms with E-state index in [0.29, 0.717) is 12.5 Å². The van der Waals surface area contributed by atoms with Gasteiger partial charge in [0.05, 0.1) is 15.7 Å². The molecule has 5 rings (SSSR count). The van der Waals surface area contributed by atoms with Gasteiger partial charge in [-0.3, -0.25) is 0 Å². The number of fused-ring (bicyclic) bond motifs is 2. The average Bonchev–Trinajstić information content (AvgIpc) is 3.21. The van der Waals surface area contributed by atoms with Gasteiger partial charge in [0.2, 0.25) is 11.9 Å². The number of aromatic nitrogens is 4. The lowest BCUT2D eigenvalue weighted by molar-refractivity contribution is 0.430. The van der Waals surface area contributed by atoms with E-state index in [-0.39, 0.29) is 12.0 Å². The standard InChI is InChI=1S/C22H18N6OS/c29-22-27-20(23-11-10-15-6-3-5-14-4-1-2-7-17(14)15)26-21(28-22)25-16-8-9-18-19(12-16)30-13-24-18/h1-9,12-13H,10-11H2,(H3,23,25,26,27,28,29). The third kappa shape index (κ3) is 3.85. The first-order chi connectivity index (χ1) is 14.7. The van der Waals surface area contributed by atoms with Crippen molar-refractivity contribution in [3.63, 3.8) is 0 Å². The fraction of sp³-hybridized carbons (Fsp3) is 0.0909. The Morgan fingerprint density at radius 3 is 2.73 bits per heavy atom. The van der Waals surface area contributed by atoms with Crippen molar-refractivity contribution in [2.75, 3.05) is 17.2 Å². The van der Waals surface area contributed by atoms with Crippen molar-refractivity contribution < 1.29 is 5.11 Å². The van der Waals surface area contributed by atoms with E-state index < -0.39 is 0 Å². The van der Waals surface area contributed by atoms with Crippen molar-refractivity contribution in [2.45, 2.75) is 6.42 Å². The quantitative estimate of drug-likeness (QED) is 0.369. The first-order valence-electron chi connectivity index (χ1n) is 9.50. The lowest BCUT2D eigenvalue weighted by atomic mass is 10.0. The summed E-state index contributed by atoms with van der Waals surface area (Å²) in [4.78, 5) is 16.6. The van der Waals surface area contributed by atoms with E-state index in [4.69, 9.17) is 0 Å². The second-order valence-corrected chi connectivity index (χ2v) is 7.64. The molecular weight excluding hydrogens is 396 g/mol. The molecule has 0 radical (unpaired) electrons. The predicted molar refractivity (Wildman–Crippen MR) is 121 cm³/mol. The van der Waals surface area contributed by atoms with E-state index in [9.17, 15) is 5.11 Å². The van der Waals surface area contributed by atoms with E-state index in [0.717, 1.165) is 22.3 Å². The smallest absolute Gasteiger partial charge is 0.320 e. The molecule has 0 unspecified atom stereocenters. The molecule has 0 aliphatic carbocycles. The predicted octanol–water partition coefficient (Wildman–Crippen LogP) is 4.74. The Kier molecular flexibility index (Phi) is 4.82. The molecule has 30 heavy (non-hydrogen) atoms. The Bertz CT molecular complexity index is 1330. The Hall–Kier alpha value is -3.78. The molecule has 0 atom stereocenters. The van der Waals surface area contributed by atoms with Gasteiger partial charge in [0.15, 0.2) is 0 Å². The van der Waals surface area contributed by atoms with Crippen molar-refractivity contribution in [3.05, 3.63) is 71.7 Å². The summed E-state index contributed by atoms with van der Waals surface area (Å²) in [7, 11) is 0. The minimum atomic E-state index is -0.334. The molecule has 0 saturated carbocycles. The van der Waals surface area contributed by atoms with Gasteiger partial charge in [-0.15, -0.1) is 11.3 Å². The highest BCUT2D eigenvalue weighted by molar-refractivity contribution is 7.16. The van der Waals surface area contributed by atoms with E-state index in [1.807, 2.05) is 30.3 Å². The summed E-state index contributed by atoms with van der Waals surface area (Å²) in [6.07, 6.45) is 0.804. The first kappa shape index (κ1) is 18.3. The molecule has 8 heteroatoms. The SMILES string of the molecule is Oc1nc(NCCc2cccc3ccccc23)nc(Nc2ccc3ncsc3c2)n1. The molecule has 3 aromatic carbocycles. The van der Waals surface area contributed by atoms with Crippen LogP contribution in [0.1, 0.15) is 5.56 Å². The lowest BCUT2D eigenvalue weighted by Crippen LogP contribution is -2.10. The minimum absolute atomic E-state index is 0.277. The summed E-state index contributed by atoms with van der Waals surface area (Å²) < 4.78 is 1.06. The molecule has 5 aromatic rings. The van der Waals surface area contributed by atoms with Crippen LogP contribution in [-0.2, 0) is 6.42 Å². The maximum Gasteiger partial charge on any atom is 0.320 e. The van der Waals surface area contributed by atoms with Crippen molar-refractivity contribution in [3.8, 4) is 6.01 Å². The molecule has 2 aromatic heterocycles. The number of nitrogens with zero attached hydrogens (tertiary/aromatic N) is 4. The van der Waals surface area contributed by atoms with Crippen LogP contribution in [0.3, 0.4) is 0 Å². The van der Waals surface area contributed by atoms with Crippen molar-refractivity contribution in [1.82, 2.24) is 19.9 Å². The maximum atomic E-state index is 9.92. The molecule has 148 valence electrons. The van der Waals surface area contributed by atoms with Gasteiger partial charge < -0.3 is 15.7 Å². The number of rotatable bonds is 6. The van der Waals surface area contributed by atoms with E-state index in [2.05, 4.69) is 60.9 Å². The highest BCUT2D eigenvalue weighted by Crippen LogP contribution is 2.24. The molecule has 0 fully saturated rings. The van der Waals surface area contributed by atoms with Crippen LogP contribution in [-0.4, -0.2) is 31.6 Å². The minimum Gasteiger partial charge on any atom is -0.479 e. The molecule has 2 heterocycles. The number of hydrogen-bond donors (Lipinski definition) is 3. The van der Waals surface area contributed by atoms with E-state index >= 15 is 0 Å². The summed E-state index contributed by atoms with van der Waals surface area (Å²) in [5, 5.41) is 18.7. The number of aromatic hydroxyl groups is 1. The number of benzene rings is 3. The van der Waals surface area contributed by atoms with Crippen LogP contribution in [0.25, 0.3) is 21.0 Å². The van der Waals surface area contributed by atoms with Crippen molar-refractivity contribution in [2.24, 2.45) is 0 Å². The van der Waals surface area contributed by atoms with E-state index in [1.165, 1.54) is 16.3 Å². The Balaban J connectivity index is 1.29. The molecule has 0 bridgehead atoms. The van der Waals surface area contributed by atoms with Gasteiger partial charge in [0, 0.05) is 12.2 Å². The highest BCUT2D eigenvalue weighted by atomic mass is 32.1. The second kappa shape index (κ2) is 7.92. The van der Waals surface area contributed by atoms with Gasteiger partial charge >= 0.3 is 6.01 Å². The number of hydrogen-bond acceptors (Lipinski definition) is 8. The van der Waals surface area contributed by atoms with Crippen molar-refractivity contribution in [1.29, 1.82) is 0 Å². The van der Waals surface area contributed by atoms with Gasteiger partial charge in [0.1, 0.15) is 0 Å². The van der Waals surface area contributed by atoms with Crippen LogP contribution >= 0.6 is 11.3 Å². The monoisotopic (exact) mass is 414 g/mol. The van der Waals surface area contributed by atoms with Crippen LogP contribution in [0.5, 0.6) is 6.01 Å². The van der Waals surface area contributed by atoms with Crippen LogP contribution in [0, 0.1) is 0 Å². The van der Waals surface area contributed by atoms with Crippen LogP contribution in [0.2, 0.25) is 0 Å². The fourth-order valence-electron chi connectivity index (χ4n) is 3.38. The van der Waals surface area contributed by atoms with Crippen LogP contribution in [0.4, 0.5) is 17.6 Å². The largest absolute Gasteiger partial charge is 0.479 e. The van der Waals surface area contributed by atoms with Gasteiger partial charge in [-0.2, -0.15) is 15.0 Å². The number of anilines is 3. The van der Waals surface area contributed by atoms with Crippen LogP contribution < -0.4 is 10.6 Å². The Morgan fingerprint density at radius 2 is 1.77 bits per heavy atom.